The Morgan fingerprint density at radius 2 is 1.16 bits per heavy atom. The molecule has 0 aliphatic heterocycles. The van der Waals surface area contributed by atoms with Gasteiger partial charge >= 0.3 is 0 Å². The molecule has 0 spiro atoms. The molecule has 0 heterocycles. The van der Waals surface area contributed by atoms with E-state index in [9.17, 15) is 4.79 Å². The fourth-order valence-electron chi connectivity index (χ4n) is 4.26. The second-order valence-corrected chi connectivity index (χ2v) is 8.55. The highest BCUT2D eigenvalue weighted by atomic mass is 16.1. The van der Waals surface area contributed by atoms with Gasteiger partial charge in [-0.15, -0.1) is 0 Å². The van der Waals surface area contributed by atoms with E-state index >= 15 is 0 Å². The maximum Gasteiger partial charge on any atom is 0.147 e. The number of carbonyl (C=O) groups excluding carboxylic acids is 1. The smallest absolute Gasteiger partial charge is 0.147 e. The van der Waals surface area contributed by atoms with Crippen molar-refractivity contribution in [3.8, 4) is 0 Å². The molecule has 2 fully saturated rings. The topological polar surface area (TPSA) is 17.1 Å². The van der Waals surface area contributed by atoms with E-state index < -0.39 is 0 Å². The van der Waals surface area contributed by atoms with Crippen molar-refractivity contribution in [2.75, 3.05) is 0 Å². The summed E-state index contributed by atoms with van der Waals surface area (Å²) in [5, 5.41) is 0. The summed E-state index contributed by atoms with van der Waals surface area (Å²) < 4.78 is 0. The van der Waals surface area contributed by atoms with Crippen LogP contribution >= 0.6 is 0 Å². The average molecular weight is 258 g/mol. The fourth-order valence-corrected chi connectivity index (χ4v) is 4.26. The number of hydrogen-bond donors (Lipinski definition) is 0. The second-order valence-electron chi connectivity index (χ2n) is 8.55. The molecule has 0 saturated heterocycles. The molecule has 0 radical (unpaired) electrons. The Kier molecular flexibility index (Phi) is 2.51. The summed E-state index contributed by atoms with van der Waals surface area (Å²) in [6, 6.07) is 0. The van der Waals surface area contributed by atoms with Gasteiger partial charge in [0.1, 0.15) is 5.78 Å². The average Bonchev–Trinajstić information content (AvgIpc) is 2.84. The monoisotopic (exact) mass is 258 g/mol. The third-order valence-corrected chi connectivity index (χ3v) is 5.23. The molecule has 0 N–H and O–H groups in total. The number of allylic oxidation sites excluding steroid dienone is 4. The molecule has 3 aliphatic carbocycles. The van der Waals surface area contributed by atoms with E-state index in [0.29, 0.717) is 5.78 Å². The highest BCUT2D eigenvalue weighted by Crippen LogP contribution is 2.60. The zero-order valence-electron chi connectivity index (χ0n) is 13.2. The number of ketones is 1. The van der Waals surface area contributed by atoms with Crippen LogP contribution in [0, 0.1) is 22.7 Å². The van der Waals surface area contributed by atoms with Crippen LogP contribution in [0.2, 0.25) is 0 Å². The summed E-state index contributed by atoms with van der Waals surface area (Å²) in [6.45, 7) is 13.8. The lowest BCUT2D eigenvalue weighted by Gasteiger charge is -2.27. The van der Waals surface area contributed by atoms with Crippen LogP contribution in [0.4, 0.5) is 0 Å². The first kappa shape index (κ1) is 13.1. The Morgan fingerprint density at radius 3 is 1.47 bits per heavy atom. The molecule has 0 aromatic rings. The van der Waals surface area contributed by atoms with Gasteiger partial charge in [-0.05, 0) is 41.2 Å². The predicted molar refractivity (Wildman–Crippen MR) is 78.8 cm³/mol. The lowest BCUT2D eigenvalue weighted by molar-refractivity contribution is -0.120. The summed E-state index contributed by atoms with van der Waals surface area (Å²) in [5.74, 6) is 1.01. The lowest BCUT2D eigenvalue weighted by atomic mass is 9.78. The van der Waals surface area contributed by atoms with Crippen molar-refractivity contribution in [2.24, 2.45) is 22.7 Å². The summed E-state index contributed by atoms with van der Waals surface area (Å²) in [7, 11) is 0. The molecule has 1 nitrogen and oxygen atoms in total. The van der Waals surface area contributed by atoms with Crippen LogP contribution in [0.25, 0.3) is 0 Å². The number of fused-ring (bicyclic) bond motifs is 5. The van der Waals surface area contributed by atoms with Crippen molar-refractivity contribution in [3.05, 3.63) is 22.3 Å². The fraction of sp³-hybridized carbons (Fsp3) is 0.722. The van der Waals surface area contributed by atoms with Gasteiger partial charge in [-0.2, -0.15) is 0 Å². The molecule has 3 aliphatic rings. The minimum Gasteiger partial charge on any atom is -0.298 e. The van der Waals surface area contributed by atoms with Crippen LogP contribution in [-0.4, -0.2) is 5.78 Å². The highest BCUT2D eigenvalue weighted by molar-refractivity contribution is 5.98. The summed E-state index contributed by atoms with van der Waals surface area (Å²) >= 11 is 0. The van der Waals surface area contributed by atoms with Gasteiger partial charge in [0.15, 0.2) is 0 Å². The van der Waals surface area contributed by atoms with E-state index in [1.54, 1.807) is 11.1 Å². The first-order valence-corrected chi connectivity index (χ1v) is 7.63. The van der Waals surface area contributed by atoms with Crippen molar-refractivity contribution in [1.82, 2.24) is 0 Å². The van der Waals surface area contributed by atoms with Crippen molar-refractivity contribution < 1.29 is 4.79 Å². The molecule has 0 amide bonds. The Bertz CT molecular complexity index is 471. The Hall–Kier alpha value is -0.850. The number of rotatable bonds is 0. The number of hydrogen-bond acceptors (Lipinski definition) is 1. The van der Waals surface area contributed by atoms with Gasteiger partial charge in [-0.1, -0.05) is 52.7 Å². The molecule has 3 rings (SSSR count). The molecule has 2 bridgehead atoms. The van der Waals surface area contributed by atoms with Crippen molar-refractivity contribution in [2.45, 2.75) is 60.8 Å². The third-order valence-electron chi connectivity index (χ3n) is 5.23. The third kappa shape index (κ3) is 1.70. The zero-order chi connectivity index (χ0) is 14.2. The molecular formula is C18H26O. The van der Waals surface area contributed by atoms with Gasteiger partial charge in [0.25, 0.3) is 0 Å². The number of Topliss-reactive ketones (excluding diaryl/α,β-unsaturated/α-hetero) is 1. The maximum atomic E-state index is 12.5. The molecule has 104 valence electrons. The van der Waals surface area contributed by atoms with Crippen LogP contribution in [0.3, 0.4) is 0 Å². The lowest BCUT2D eigenvalue weighted by Crippen LogP contribution is -2.16. The van der Waals surface area contributed by atoms with Gasteiger partial charge in [0.05, 0.1) is 0 Å². The van der Waals surface area contributed by atoms with Gasteiger partial charge in [0, 0.05) is 11.8 Å². The van der Waals surface area contributed by atoms with Crippen LogP contribution in [0.15, 0.2) is 22.3 Å². The Morgan fingerprint density at radius 1 is 0.789 bits per heavy atom. The van der Waals surface area contributed by atoms with Gasteiger partial charge in [0.2, 0.25) is 0 Å². The quantitative estimate of drug-likeness (QED) is 0.616. The van der Waals surface area contributed by atoms with Gasteiger partial charge in [-0.25, -0.2) is 0 Å². The van der Waals surface area contributed by atoms with Crippen molar-refractivity contribution in [1.29, 1.82) is 0 Å². The van der Waals surface area contributed by atoms with E-state index in [0.717, 1.165) is 19.3 Å². The van der Waals surface area contributed by atoms with E-state index in [1.807, 2.05) is 0 Å². The molecular weight excluding hydrogens is 232 g/mol. The SMILES string of the molecule is CC(C)(C)C1=C2C(=C(C(C)(C)C)C1)C1CCC2C1=O. The van der Waals surface area contributed by atoms with E-state index in [2.05, 4.69) is 41.5 Å². The molecule has 19 heavy (non-hydrogen) atoms. The molecule has 1 heteroatoms. The van der Waals surface area contributed by atoms with Gasteiger partial charge < -0.3 is 0 Å². The van der Waals surface area contributed by atoms with E-state index in [4.69, 9.17) is 0 Å². The Labute approximate surface area is 117 Å². The largest absolute Gasteiger partial charge is 0.298 e. The Balaban J connectivity index is 2.19. The highest BCUT2D eigenvalue weighted by Gasteiger charge is 2.53. The normalized spacial score (nSPS) is 30.7. The summed E-state index contributed by atoms with van der Waals surface area (Å²) in [5.41, 5.74) is 6.43. The van der Waals surface area contributed by atoms with E-state index in [-0.39, 0.29) is 22.7 Å². The number of carbonyl (C=O) groups is 1. The molecule has 2 saturated carbocycles. The minimum atomic E-state index is 0.193. The van der Waals surface area contributed by atoms with E-state index in [1.165, 1.54) is 11.1 Å². The van der Waals surface area contributed by atoms with Crippen LogP contribution in [0.1, 0.15) is 60.8 Å². The second kappa shape index (κ2) is 3.62. The summed E-state index contributed by atoms with van der Waals surface area (Å²) in [4.78, 5) is 12.5. The zero-order valence-corrected chi connectivity index (χ0v) is 13.2. The summed E-state index contributed by atoms with van der Waals surface area (Å²) in [6.07, 6.45) is 3.30. The minimum absolute atomic E-state index is 0.193. The molecule has 2 atom stereocenters. The first-order valence-electron chi connectivity index (χ1n) is 7.63. The molecule has 2 unspecified atom stereocenters. The molecule has 0 aromatic carbocycles. The maximum absolute atomic E-state index is 12.5. The van der Waals surface area contributed by atoms with Crippen LogP contribution in [-0.2, 0) is 4.79 Å². The van der Waals surface area contributed by atoms with Crippen LogP contribution in [0.5, 0.6) is 0 Å². The standard InChI is InChI=1S/C18H26O/c1-17(2,3)12-9-13(18(4,5)6)15-11-8-7-10(14(12)15)16(11)19/h10-11H,7-9H2,1-6H3. The predicted octanol–water partition coefficient (Wildman–Crippen LogP) is 4.68. The van der Waals surface area contributed by atoms with Gasteiger partial charge in [-0.3, -0.25) is 4.79 Å². The van der Waals surface area contributed by atoms with Crippen LogP contribution < -0.4 is 0 Å². The molecule has 0 aromatic heterocycles. The first-order chi connectivity index (χ1) is 8.62. The van der Waals surface area contributed by atoms with Crippen molar-refractivity contribution >= 4 is 5.78 Å². The van der Waals surface area contributed by atoms with Crippen molar-refractivity contribution in [3.63, 3.8) is 0 Å².